The molecule has 0 fully saturated rings. The molecule has 6 heteroatoms. The Morgan fingerprint density at radius 1 is 1.38 bits per heavy atom. The Morgan fingerprint density at radius 2 is 2.12 bits per heavy atom. The van der Waals surface area contributed by atoms with Gasteiger partial charge in [0.25, 0.3) is 0 Å². The van der Waals surface area contributed by atoms with Gasteiger partial charge in [0.2, 0.25) is 0 Å². The maximum Gasteiger partial charge on any atom is 0.175 e. The van der Waals surface area contributed by atoms with Crippen molar-refractivity contribution in [3.63, 3.8) is 0 Å². The van der Waals surface area contributed by atoms with E-state index in [0.29, 0.717) is 21.3 Å². The average Bonchev–Trinajstić information content (AvgIpc) is 2.59. The molecule has 0 saturated heterocycles. The first kappa shape index (κ1) is 11.9. The van der Waals surface area contributed by atoms with Crippen molar-refractivity contribution in [2.24, 2.45) is 5.73 Å². The molecule has 2 aromatic rings. The fraction of sp³-hybridized carbons (Fsp3) is 0.100. The van der Waals surface area contributed by atoms with Gasteiger partial charge in [0.15, 0.2) is 4.73 Å². The molecule has 0 atom stereocenters. The number of aromatic amines is 1. The molecule has 84 valence electrons. The minimum absolute atomic E-state index is 0.368. The molecule has 0 aliphatic rings. The van der Waals surface area contributed by atoms with Crippen molar-refractivity contribution in [1.82, 2.24) is 9.97 Å². The average molecular weight is 321 g/mol. The lowest BCUT2D eigenvalue weighted by Gasteiger charge is -2.03. The molecule has 3 N–H and O–H groups in total. The first-order valence-electron chi connectivity index (χ1n) is 4.51. The van der Waals surface area contributed by atoms with Crippen molar-refractivity contribution in [3.8, 4) is 11.3 Å². The van der Waals surface area contributed by atoms with Crippen molar-refractivity contribution >= 4 is 39.1 Å². The molecule has 0 spiro atoms. The Kier molecular flexibility index (Phi) is 3.54. The Balaban J connectivity index is 2.57. The molecule has 0 aliphatic carbocycles. The van der Waals surface area contributed by atoms with Crippen LogP contribution in [0.1, 0.15) is 5.69 Å². The van der Waals surface area contributed by atoms with E-state index in [-0.39, 0.29) is 0 Å². The molecule has 0 amide bonds. The fourth-order valence-electron chi connectivity index (χ4n) is 1.43. The van der Waals surface area contributed by atoms with Gasteiger partial charge in [-0.1, -0.05) is 23.2 Å². The third-order valence-electron chi connectivity index (χ3n) is 2.14. The number of hydrogen-bond donors (Lipinski definition) is 2. The Hall–Kier alpha value is -0.550. The SMILES string of the molecule is NCc1[nH]c(Br)nc1-c1ccc(Cl)cc1Cl. The molecule has 0 unspecified atom stereocenters. The van der Waals surface area contributed by atoms with Crippen LogP contribution in [-0.2, 0) is 6.54 Å². The van der Waals surface area contributed by atoms with Crippen LogP contribution in [0, 0.1) is 0 Å². The van der Waals surface area contributed by atoms with E-state index < -0.39 is 0 Å². The number of benzene rings is 1. The molecule has 1 aromatic carbocycles. The Morgan fingerprint density at radius 3 is 2.75 bits per heavy atom. The second kappa shape index (κ2) is 4.75. The zero-order valence-electron chi connectivity index (χ0n) is 8.10. The molecular formula is C10H8BrCl2N3. The highest BCUT2D eigenvalue weighted by Crippen LogP contribution is 2.31. The molecule has 1 aromatic heterocycles. The van der Waals surface area contributed by atoms with Gasteiger partial charge >= 0.3 is 0 Å². The van der Waals surface area contributed by atoms with E-state index in [2.05, 4.69) is 25.9 Å². The molecule has 0 radical (unpaired) electrons. The first-order chi connectivity index (χ1) is 7.61. The lowest BCUT2D eigenvalue weighted by Crippen LogP contribution is -1.98. The quantitative estimate of drug-likeness (QED) is 0.888. The molecule has 0 aliphatic heterocycles. The summed E-state index contributed by atoms with van der Waals surface area (Å²) >= 11 is 15.2. The van der Waals surface area contributed by atoms with E-state index in [1.165, 1.54) is 0 Å². The van der Waals surface area contributed by atoms with Crippen molar-refractivity contribution < 1.29 is 0 Å². The maximum atomic E-state index is 6.11. The molecule has 16 heavy (non-hydrogen) atoms. The van der Waals surface area contributed by atoms with Crippen LogP contribution < -0.4 is 5.73 Å². The first-order valence-corrected chi connectivity index (χ1v) is 6.06. The minimum Gasteiger partial charge on any atom is -0.335 e. The summed E-state index contributed by atoms with van der Waals surface area (Å²) in [4.78, 5) is 7.32. The standard InChI is InChI=1S/C10H8BrCl2N3/c11-10-15-8(4-14)9(16-10)6-2-1-5(12)3-7(6)13/h1-3H,4,14H2,(H,15,16). The predicted molar refractivity (Wildman–Crippen MR) is 69.6 cm³/mol. The topological polar surface area (TPSA) is 54.7 Å². The van der Waals surface area contributed by atoms with E-state index >= 15 is 0 Å². The number of halogens is 3. The van der Waals surface area contributed by atoms with Crippen LogP contribution in [0.5, 0.6) is 0 Å². The second-order valence-corrected chi connectivity index (χ2v) is 4.78. The summed E-state index contributed by atoms with van der Waals surface area (Å²) in [5, 5.41) is 1.15. The van der Waals surface area contributed by atoms with Crippen molar-refractivity contribution in [3.05, 3.63) is 38.7 Å². The minimum atomic E-state index is 0.368. The van der Waals surface area contributed by atoms with Gasteiger partial charge in [-0.3, -0.25) is 0 Å². The number of rotatable bonds is 2. The number of H-pyrrole nitrogens is 1. The number of nitrogens with zero attached hydrogens (tertiary/aromatic N) is 1. The normalized spacial score (nSPS) is 10.8. The summed E-state index contributed by atoms with van der Waals surface area (Å²) in [5.74, 6) is 0. The third kappa shape index (κ3) is 2.25. The van der Waals surface area contributed by atoms with E-state index in [9.17, 15) is 0 Å². The van der Waals surface area contributed by atoms with Gasteiger partial charge in [-0.15, -0.1) is 0 Å². The smallest absolute Gasteiger partial charge is 0.175 e. The number of aromatic nitrogens is 2. The fourth-order valence-corrected chi connectivity index (χ4v) is 2.34. The maximum absolute atomic E-state index is 6.11. The summed E-state index contributed by atoms with van der Waals surface area (Å²) < 4.78 is 0.633. The van der Waals surface area contributed by atoms with E-state index in [1.807, 2.05) is 6.07 Å². The van der Waals surface area contributed by atoms with Gasteiger partial charge in [-0.25, -0.2) is 4.98 Å². The van der Waals surface area contributed by atoms with Crippen LogP contribution in [0.15, 0.2) is 22.9 Å². The van der Waals surface area contributed by atoms with Crippen molar-refractivity contribution in [2.75, 3.05) is 0 Å². The van der Waals surface area contributed by atoms with Gasteiger partial charge in [0.1, 0.15) is 0 Å². The number of nitrogens with two attached hydrogens (primary N) is 1. The summed E-state index contributed by atoms with van der Waals surface area (Å²) in [7, 11) is 0. The lowest BCUT2D eigenvalue weighted by atomic mass is 10.1. The largest absolute Gasteiger partial charge is 0.335 e. The molecule has 0 saturated carbocycles. The van der Waals surface area contributed by atoms with Crippen LogP contribution in [0.3, 0.4) is 0 Å². The molecule has 0 bridgehead atoms. The Bertz CT molecular complexity index is 525. The van der Waals surface area contributed by atoms with Crippen LogP contribution in [0.25, 0.3) is 11.3 Å². The van der Waals surface area contributed by atoms with Crippen LogP contribution in [0.2, 0.25) is 10.0 Å². The van der Waals surface area contributed by atoms with Gasteiger partial charge < -0.3 is 10.7 Å². The summed E-state index contributed by atoms with van der Waals surface area (Å²) in [6, 6.07) is 5.28. The lowest BCUT2D eigenvalue weighted by molar-refractivity contribution is 1.01. The van der Waals surface area contributed by atoms with Gasteiger partial charge in [0.05, 0.1) is 16.4 Å². The highest BCUT2D eigenvalue weighted by Gasteiger charge is 2.13. The molecular weight excluding hydrogens is 313 g/mol. The van der Waals surface area contributed by atoms with Gasteiger partial charge in [0, 0.05) is 17.1 Å². The van der Waals surface area contributed by atoms with E-state index in [4.69, 9.17) is 28.9 Å². The third-order valence-corrected chi connectivity index (χ3v) is 3.06. The monoisotopic (exact) mass is 319 g/mol. The highest BCUT2D eigenvalue weighted by atomic mass is 79.9. The van der Waals surface area contributed by atoms with Crippen molar-refractivity contribution in [2.45, 2.75) is 6.54 Å². The van der Waals surface area contributed by atoms with E-state index in [0.717, 1.165) is 17.0 Å². The number of imidazole rings is 1. The van der Waals surface area contributed by atoms with Crippen LogP contribution in [0.4, 0.5) is 0 Å². The zero-order chi connectivity index (χ0) is 11.7. The molecule has 3 nitrogen and oxygen atoms in total. The second-order valence-electron chi connectivity index (χ2n) is 3.18. The van der Waals surface area contributed by atoms with Gasteiger partial charge in [-0.2, -0.15) is 0 Å². The van der Waals surface area contributed by atoms with Crippen LogP contribution in [-0.4, -0.2) is 9.97 Å². The molecule has 2 rings (SSSR count). The zero-order valence-corrected chi connectivity index (χ0v) is 11.2. The summed E-state index contributed by atoms with van der Waals surface area (Å²) in [6.45, 7) is 0.368. The molecule has 1 heterocycles. The van der Waals surface area contributed by atoms with E-state index in [1.54, 1.807) is 12.1 Å². The predicted octanol–water partition coefficient (Wildman–Crippen LogP) is 3.60. The van der Waals surface area contributed by atoms with Crippen molar-refractivity contribution in [1.29, 1.82) is 0 Å². The summed E-state index contributed by atoms with van der Waals surface area (Å²) in [5.41, 5.74) is 8.01. The number of nitrogens with one attached hydrogen (secondary N) is 1. The van der Waals surface area contributed by atoms with Crippen LogP contribution >= 0.6 is 39.1 Å². The Labute approximate surface area is 111 Å². The summed E-state index contributed by atoms with van der Waals surface area (Å²) in [6.07, 6.45) is 0. The van der Waals surface area contributed by atoms with Gasteiger partial charge in [-0.05, 0) is 34.1 Å². The highest BCUT2D eigenvalue weighted by molar-refractivity contribution is 9.10. The number of hydrogen-bond acceptors (Lipinski definition) is 2.